The van der Waals surface area contributed by atoms with E-state index in [4.69, 9.17) is 4.42 Å². The van der Waals surface area contributed by atoms with Crippen LogP contribution in [0, 0.1) is 10.1 Å². The van der Waals surface area contributed by atoms with Gasteiger partial charge in [-0.05, 0) is 17.7 Å². The second-order valence-corrected chi connectivity index (χ2v) is 5.84. The number of halogens is 3. The molecule has 0 saturated heterocycles. The molecule has 0 aliphatic carbocycles. The zero-order chi connectivity index (χ0) is 20.5. The Morgan fingerprint density at radius 2 is 1.79 bits per heavy atom. The maximum Gasteiger partial charge on any atom is 0.417 e. The normalized spacial score (nSPS) is 11.4. The van der Waals surface area contributed by atoms with Crippen LogP contribution in [0.25, 0.3) is 11.0 Å². The van der Waals surface area contributed by atoms with E-state index in [0.717, 1.165) is 12.1 Å². The molecule has 0 atom stereocenters. The van der Waals surface area contributed by atoms with Crippen molar-refractivity contribution >= 4 is 28.3 Å². The first-order valence-corrected chi connectivity index (χ1v) is 7.82. The summed E-state index contributed by atoms with van der Waals surface area (Å²) in [6.45, 7) is 0. The number of hydrogen-bond donors (Lipinski definition) is 1. The lowest BCUT2D eigenvalue weighted by atomic mass is 10.1. The Hall–Kier alpha value is -3.69. The van der Waals surface area contributed by atoms with Gasteiger partial charge in [0.1, 0.15) is 5.58 Å². The highest BCUT2D eigenvalue weighted by Gasteiger charge is 2.33. The minimum Gasteiger partial charge on any atom is -0.423 e. The van der Waals surface area contributed by atoms with E-state index in [1.165, 1.54) is 30.3 Å². The van der Waals surface area contributed by atoms with E-state index in [-0.39, 0.29) is 28.8 Å². The largest absolute Gasteiger partial charge is 0.423 e. The van der Waals surface area contributed by atoms with E-state index in [0.29, 0.717) is 11.6 Å². The van der Waals surface area contributed by atoms with Gasteiger partial charge in [0.2, 0.25) is 5.91 Å². The lowest BCUT2D eigenvalue weighted by Gasteiger charge is -2.10. The first kappa shape index (κ1) is 19.1. The second kappa shape index (κ2) is 7.14. The Kier molecular flexibility index (Phi) is 4.87. The molecular formula is C18H11F3N2O5. The van der Waals surface area contributed by atoms with Crippen LogP contribution < -0.4 is 10.9 Å². The predicted molar refractivity (Wildman–Crippen MR) is 92.9 cm³/mol. The van der Waals surface area contributed by atoms with E-state index >= 15 is 0 Å². The summed E-state index contributed by atoms with van der Waals surface area (Å²) in [7, 11) is 0. The SMILES string of the molecule is O=C(Cc1ccc([N+](=O)[O-])cc1)Nc1ccc2c(C(F)(F)F)cc(=O)oc2c1. The monoisotopic (exact) mass is 392 g/mol. The molecule has 0 spiro atoms. The van der Waals surface area contributed by atoms with Gasteiger partial charge in [0.15, 0.2) is 0 Å². The molecule has 0 bridgehead atoms. The van der Waals surface area contributed by atoms with Crippen molar-refractivity contribution < 1.29 is 27.3 Å². The molecule has 1 aromatic heterocycles. The fraction of sp³-hybridized carbons (Fsp3) is 0.111. The summed E-state index contributed by atoms with van der Waals surface area (Å²) in [5.74, 6) is -0.498. The highest BCUT2D eigenvalue weighted by atomic mass is 19.4. The van der Waals surface area contributed by atoms with Gasteiger partial charge < -0.3 is 9.73 Å². The number of nitrogens with zero attached hydrogens (tertiary/aromatic N) is 1. The number of hydrogen-bond acceptors (Lipinski definition) is 5. The lowest BCUT2D eigenvalue weighted by molar-refractivity contribution is -0.384. The molecular weight excluding hydrogens is 381 g/mol. The number of nitro benzene ring substituents is 1. The third-order valence-electron chi connectivity index (χ3n) is 3.85. The summed E-state index contributed by atoms with van der Waals surface area (Å²) in [6, 6.07) is 9.21. The zero-order valence-corrected chi connectivity index (χ0v) is 13.9. The quantitative estimate of drug-likeness (QED) is 0.412. The topological polar surface area (TPSA) is 102 Å². The van der Waals surface area contributed by atoms with Gasteiger partial charge in [0.05, 0.1) is 16.9 Å². The minimum absolute atomic E-state index is 0.109. The highest BCUT2D eigenvalue weighted by Crippen LogP contribution is 2.34. The van der Waals surface area contributed by atoms with E-state index in [2.05, 4.69) is 5.32 Å². The summed E-state index contributed by atoms with van der Waals surface area (Å²) in [6.07, 6.45) is -4.84. The minimum atomic E-state index is -4.73. The van der Waals surface area contributed by atoms with Crippen molar-refractivity contribution in [3.05, 3.63) is 80.2 Å². The average Bonchev–Trinajstić information content (AvgIpc) is 2.60. The number of amides is 1. The van der Waals surface area contributed by atoms with Crippen molar-refractivity contribution in [3.8, 4) is 0 Å². The van der Waals surface area contributed by atoms with Crippen LogP contribution in [0.2, 0.25) is 0 Å². The van der Waals surface area contributed by atoms with Crippen LogP contribution in [0.1, 0.15) is 11.1 Å². The maximum absolute atomic E-state index is 13.0. The predicted octanol–water partition coefficient (Wildman–Crippen LogP) is 3.90. The Labute approximate surface area is 154 Å². The number of rotatable bonds is 4. The number of non-ortho nitro benzene ring substituents is 1. The Morgan fingerprint density at radius 1 is 1.11 bits per heavy atom. The fourth-order valence-corrected chi connectivity index (χ4v) is 2.60. The molecule has 3 aromatic rings. The highest BCUT2D eigenvalue weighted by molar-refractivity contribution is 5.94. The molecule has 0 aliphatic rings. The third kappa shape index (κ3) is 4.17. The Balaban J connectivity index is 1.81. The number of benzene rings is 2. The third-order valence-corrected chi connectivity index (χ3v) is 3.85. The standard InChI is InChI=1S/C18H11F3N2O5/c19-18(20,21)14-9-17(25)28-15-8-11(3-6-13(14)15)22-16(24)7-10-1-4-12(5-2-10)23(26)27/h1-6,8-9H,7H2,(H,22,24). The smallest absolute Gasteiger partial charge is 0.417 e. The van der Waals surface area contributed by atoms with E-state index in [9.17, 15) is 32.9 Å². The molecule has 28 heavy (non-hydrogen) atoms. The molecule has 2 aromatic carbocycles. The number of nitrogens with one attached hydrogen (secondary N) is 1. The van der Waals surface area contributed by atoms with Gasteiger partial charge in [-0.15, -0.1) is 0 Å². The van der Waals surface area contributed by atoms with Crippen LogP contribution in [0.3, 0.4) is 0 Å². The van der Waals surface area contributed by atoms with Crippen LogP contribution in [0.4, 0.5) is 24.5 Å². The Morgan fingerprint density at radius 3 is 2.39 bits per heavy atom. The van der Waals surface area contributed by atoms with Crippen LogP contribution in [0.5, 0.6) is 0 Å². The number of carbonyl (C=O) groups excluding carboxylic acids is 1. The molecule has 1 heterocycles. The number of alkyl halides is 3. The first-order chi connectivity index (χ1) is 13.1. The summed E-state index contributed by atoms with van der Waals surface area (Å²) in [5.41, 5.74) is -2.06. The van der Waals surface area contributed by atoms with Crippen LogP contribution in [0.15, 0.2) is 57.7 Å². The Bertz CT molecular complexity index is 1120. The number of carbonyl (C=O) groups is 1. The number of nitro groups is 1. The molecule has 0 fully saturated rings. The van der Waals surface area contributed by atoms with Crippen LogP contribution >= 0.6 is 0 Å². The van der Waals surface area contributed by atoms with Gasteiger partial charge in [0, 0.05) is 35.3 Å². The molecule has 0 saturated carbocycles. The zero-order valence-electron chi connectivity index (χ0n) is 13.9. The van der Waals surface area contributed by atoms with Crippen molar-refractivity contribution in [1.82, 2.24) is 0 Å². The lowest BCUT2D eigenvalue weighted by Crippen LogP contribution is -2.15. The molecule has 0 aliphatic heterocycles. The molecule has 1 N–H and O–H groups in total. The van der Waals surface area contributed by atoms with E-state index in [1.54, 1.807) is 0 Å². The fourth-order valence-electron chi connectivity index (χ4n) is 2.60. The van der Waals surface area contributed by atoms with E-state index < -0.39 is 28.2 Å². The van der Waals surface area contributed by atoms with Crippen molar-refractivity contribution in [3.63, 3.8) is 0 Å². The second-order valence-electron chi connectivity index (χ2n) is 5.84. The van der Waals surface area contributed by atoms with Gasteiger partial charge in [-0.3, -0.25) is 14.9 Å². The number of anilines is 1. The van der Waals surface area contributed by atoms with Gasteiger partial charge in [-0.1, -0.05) is 12.1 Å². The van der Waals surface area contributed by atoms with Gasteiger partial charge in [-0.2, -0.15) is 13.2 Å². The molecule has 1 amide bonds. The van der Waals surface area contributed by atoms with Gasteiger partial charge in [-0.25, -0.2) is 4.79 Å². The molecule has 0 radical (unpaired) electrons. The van der Waals surface area contributed by atoms with Crippen molar-refractivity contribution in [2.24, 2.45) is 0 Å². The van der Waals surface area contributed by atoms with Gasteiger partial charge in [0.25, 0.3) is 5.69 Å². The van der Waals surface area contributed by atoms with Crippen molar-refractivity contribution in [1.29, 1.82) is 0 Å². The number of fused-ring (bicyclic) bond motifs is 1. The first-order valence-electron chi connectivity index (χ1n) is 7.82. The summed E-state index contributed by atoms with van der Waals surface area (Å²) in [4.78, 5) is 33.6. The molecule has 144 valence electrons. The van der Waals surface area contributed by atoms with Gasteiger partial charge >= 0.3 is 11.8 Å². The van der Waals surface area contributed by atoms with Crippen LogP contribution in [-0.4, -0.2) is 10.8 Å². The molecule has 3 rings (SSSR count). The summed E-state index contributed by atoms with van der Waals surface area (Å²) >= 11 is 0. The molecule has 10 heteroatoms. The summed E-state index contributed by atoms with van der Waals surface area (Å²) < 4.78 is 43.9. The molecule has 0 unspecified atom stereocenters. The molecule has 7 nitrogen and oxygen atoms in total. The van der Waals surface area contributed by atoms with Crippen LogP contribution in [-0.2, 0) is 17.4 Å². The van der Waals surface area contributed by atoms with E-state index in [1.807, 2.05) is 0 Å². The summed E-state index contributed by atoms with van der Waals surface area (Å²) in [5, 5.41) is 12.8. The van der Waals surface area contributed by atoms with Crippen molar-refractivity contribution in [2.45, 2.75) is 12.6 Å². The average molecular weight is 392 g/mol. The maximum atomic E-state index is 13.0. The van der Waals surface area contributed by atoms with Crippen molar-refractivity contribution in [2.75, 3.05) is 5.32 Å².